The molecule has 2 aromatic heterocycles. The number of amides is 1. The van der Waals surface area contributed by atoms with Crippen molar-refractivity contribution in [1.82, 2.24) is 20.1 Å². The van der Waals surface area contributed by atoms with Gasteiger partial charge in [-0.25, -0.2) is 18.7 Å². The van der Waals surface area contributed by atoms with Gasteiger partial charge in [0.25, 0.3) is 0 Å². The van der Waals surface area contributed by atoms with Gasteiger partial charge in [0.05, 0.1) is 29.2 Å². The summed E-state index contributed by atoms with van der Waals surface area (Å²) in [5, 5.41) is 14.1. The number of carbonyl (C=O) groups is 1. The van der Waals surface area contributed by atoms with E-state index in [1.54, 1.807) is 12.1 Å². The molecule has 2 saturated heterocycles. The number of aliphatic hydroxyl groups excluding tert-OH is 1. The predicted octanol–water partition coefficient (Wildman–Crippen LogP) is 4.78. The molecule has 6 rings (SSSR count). The Hall–Kier alpha value is -3.99. The Balaban J connectivity index is 1.29. The van der Waals surface area contributed by atoms with Crippen LogP contribution in [0.4, 0.5) is 20.3 Å². The number of aliphatic hydroxyl groups is 1. The lowest BCUT2D eigenvalue weighted by Gasteiger charge is -2.32. The van der Waals surface area contributed by atoms with Crippen LogP contribution >= 0.6 is 0 Å². The third kappa shape index (κ3) is 4.68. The van der Waals surface area contributed by atoms with Crippen molar-refractivity contribution < 1.29 is 23.2 Å². The quantitative estimate of drug-likeness (QED) is 0.352. The number of nitrogens with zero attached hydrogens (tertiary/aromatic N) is 6. The van der Waals surface area contributed by atoms with Crippen LogP contribution in [0.5, 0.6) is 0 Å². The molecular formula is C29H30F2N6O3. The highest BCUT2D eigenvalue weighted by Crippen LogP contribution is 2.38. The summed E-state index contributed by atoms with van der Waals surface area (Å²) in [5.41, 5.74) is 1.56. The summed E-state index contributed by atoms with van der Waals surface area (Å²) in [6.45, 7) is 3.10. The summed E-state index contributed by atoms with van der Waals surface area (Å²) in [6.07, 6.45) is 5.39. The molecule has 40 heavy (non-hydrogen) atoms. The minimum Gasteiger partial charge on any atom is -0.394 e. The van der Waals surface area contributed by atoms with Crippen molar-refractivity contribution in [3.8, 4) is 11.1 Å². The molecule has 1 atom stereocenters. The van der Waals surface area contributed by atoms with Gasteiger partial charge in [-0.05, 0) is 55.5 Å². The van der Waals surface area contributed by atoms with Crippen molar-refractivity contribution in [3.05, 3.63) is 60.0 Å². The molecule has 2 aliphatic heterocycles. The lowest BCUT2D eigenvalue weighted by Crippen LogP contribution is -2.35. The smallest absolute Gasteiger partial charge is 0.227 e. The largest absolute Gasteiger partial charge is 0.394 e. The summed E-state index contributed by atoms with van der Waals surface area (Å²) in [6, 6.07) is 7.03. The second kappa shape index (κ2) is 10.9. The first-order valence-electron chi connectivity index (χ1n) is 13.7. The van der Waals surface area contributed by atoms with E-state index in [0.717, 1.165) is 31.5 Å². The summed E-state index contributed by atoms with van der Waals surface area (Å²) in [4.78, 5) is 29.1. The Bertz CT molecular complexity index is 1550. The van der Waals surface area contributed by atoms with Crippen LogP contribution in [0.3, 0.4) is 0 Å². The average Bonchev–Trinajstić information content (AvgIpc) is 3.59. The molecule has 4 heterocycles. The van der Waals surface area contributed by atoms with Crippen molar-refractivity contribution in [2.24, 2.45) is 0 Å². The minimum atomic E-state index is -0.594. The number of hydrogen-bond donors (Lipinski definition) is 1. The zero-order valence-corrected chi connectivity index (χ0v) is 22.2. The highest BCUT2D eigenvalue weighted by Gasteiger charge is 2.33. The molecule has 0 aliphatic carbocycles. The van der Waals surface area contributed by atoms with Crippen LogP contribution in [-0.4, -0.2) is 56.9 Å². The summed E-state index contributed by atoms with van der Waals surface area (Å²) in [5.74, 6) is 0.756. The molecule has 0 spiro atoms. The Morgan fingerprint density at radius 2 is 1.90 bits per heavy atom. The minimum absolute atomic E-state index is 0.123. The maximum atomic E-state index is 15.3. The molecule has 208 valence electrons. The summed E-state index contributed by atoms with van der Waals surface area (Å²) in [7, 11) is 0. The van der Waals surface area contributed by atoms with E-state index in [1.807, 2.05) is 4.90 Å². The SMILES string of the molecule is CCCc1nc(C2CCN(c3ncnc4c(-c5ccc(N6C(=O)CC[C@H]6CO)c(F)c5)ccc(F)c34)CC2)no1. The number of hydrogen-bond acceptors (Lipinski definition) is 8. The van der Waals surface area contributed by atoms with Gasteiger partial charge in [-0.2, -0.15) is 4.98 Å². The molecule has 0 radical (unpaired) electrons. The maximum absolute atomic E-state index is 15.3. The second-order valence-corrected chi connectivity index (χ2v) is 10.4. The molecule has 1 amide bonds. The Kier molecular flexibility index (Phi) is 7.14. The molecule has 2 aliphatic rings. The number of aryl methyl sites for hydroxylation is 1. The van der Waals surface area contributed by atoms with Gasteiger partial charge >= 0.3 is 0 Å². The zero-order valence-electron chi connectivity index (χ0n) is 22.2. The third-order valence-electron chi connectivity index (χ3n) is 7.88. The predicted molar refractivity (Wildman–Crippen MR) is 145 cm³/mol. The molecule has 0 saturated carbocycles. The Morgan fingerprint density at radius 1 is 1.07 bits per heavy atom. The first kappa shape index (κ1) is 26.2. The van der Waals surface area contributed by atoms with E-state index in [1.165, 1.54) is 29.4 Å². The monoisotopic (exact) mass is 548 g/mol. The standard InChI is InChI=1S/C29H30F2N6O3/c1-2-3-24-34-28(35-40-24)17-10-12-36(13-11-17)29-26-21(30)7-6-20(27(26)32-16-33-29)18-4-8-23(22(31)14-18)37-19(15-38)5-9-25(37)39/h4,6-8,14,16-17,19,38H,2-3,5,9-13,15H2,1H3/t19-/m0/s1. The zero-order chi connectivity index (χ0) is 27.8. The van der Waals surface area contributed by atoms with Gasteiger partial charge in [-0.1, -0.05) is 18.1 Å². The topological polar surface area (TPSA) is 108 Å². The molecule has 1 N–H and O–H groups in total. The van der Waals surface area contributed by atoms with E-state index >= 15 is 8.78 Å². The lowest BCUT2D eigenvalue weighted by atomic mass is 9.95. The summed E-state index contributed by atoms with van der Waals surface area (Å²) >= 11 is 0. The number of anilines is 2. The molecule has 0 bridgehead atoms. The molecule has 4 aromatic rings. The number of carbonyl (C=O) groups excluding carboxylic acids is 1. The van der Waals surface area contributed by atoms with Crippen LogP contribution in [0.25, 0.3) is 22.0 Å². The van der Waals surface area contributed by atoms with Crippen molar-refractivity contribution >= 4 is 28.3 Å². The fraction of sp³-hybridized carbons (Fsp3) is 0.414. The van der Waals surface area contributed by atoms with Gasteiger partial charge in [-0.3, -0.25) is 4.79 Å². The van der Waals surface area contributed by atoms with E-state index in [4.69, 9.17) is 4.52 Å². The average molecular weight is 549 g/mol. The van der Waals surface area contributed by atoms with Crippen LogP contribution in [0.1, 0.15) is 56.7 Å². The van der Waals surface area contributed by atoms with Gasteiger partial charge in [0.15, 0.2) is 5.82 Å². The third-order valence-corrected chi connectivity index (χ3v) is 7.88. The highest BCUT2D eigenvalue weighted by molar-refractivity contribution is 6.00. The Labute approximate surface area is 229 Å². The number of benzene rings is 2. The van der Waals surface area contributed by atoms with Gasteiger partial charge in [-0.15, -0.1) is 0 Å². The van der Waals surface area contributed by atoms with E-state index in [9.17, 15) is 9.90 Å². The molecule has 2 aromatic carbocycles. The van der Waals surface area contributed by atoms with E-state index < -0.39 is 17.7 Å². The van der Waals surface area contributed by atoms with Gasteiger partial charge in [0, 0.05) is 37.4 Å². The first-order chi connectivity index (χ1) is 19.5. The first-order valence-corrected chi connectivity index (χ1v) is 13.7. The van der Waals surface area contributed by atoms with Crippen LogP contribution in [0.2, 0.25) is 0 Å². The van der Waals surface area contributed by atoms with Crippen LogP contribution in [0, 0.1) is 11.6 Å². The van der Waals surface area contributed by atoms with Crippen LogP contribution < -0.4 is 9.80 Å². The summed E-state index contributed by atoms with van der Waals surface area (Å²) < 4.78 is 36.0. The van der Waals surface area contributed by atoms with Crippen molar-refractivity contribution in [2.45, 2.75) is 57.4 Å². The normalized spacial score (nSPS) is 18.3. The Morgan fingerprint density at radius 3 is 2.65 bits per heavy atom. The van der Waals surface area contributed by atoms with E-state index in [2.05, 4.69) is 27.0 Å². The van der Waals surface area contributed by atoms with Gasteiger partial charge in [0.1, 0.15) is 23.8 Å². The van der Waals surface area contributed by atoms with Crippen LogP contribution in [-0.2, 0) is 11.2 Å². The van der Waals surface area contributed by atoms with E-state index in [-0.39, 0.29) is 35.9 Å². The highest BCUT2D eigenvalue weighted by atomic mass is 19.1. The number of rotatable bonds is 7. The van der Waals surface area contributed by atoms with E-state index in [0.29, 0.717) is 47.9 Å². The fourth-order valence-corrected chi connectivity index (χ4v) is 5.81. The molecule has 11 heteroatoms. The van der Waals surface area contributed by atoms with Crippen LogP contribution in [0.15, 0.2) is 41.2 Å². The number of fused-ring (bicyclic) bond motifs is 1. The van der Waals surface area contributed by atoms with Crippen molar-refractivity contribution in [2.75, 3.05) is 29.5 Å². The molecule has 0 unspecified atom stereocenters. The molecular weight excluding hydrogens is 518 g/mol. The number of halogens is 2. The van der Waals surface area contributed by atoms with Gasteiger partial charge in [0.2, 0.25) is 11.8 Å². The number of aromatic nitrogens is 4. The lowest BCUT2D eigenvalue weighted by molar-refractivity contribution is -0.117. The van der Waals surface area contributed by atoms with Gasteiger partial charge < -0.3 is 19.4 Å². The fourth-order valence-electron chi connectivity index (χ4n) is 5.81. The molecule has 9 nitrogen and oxygen atoms in total. The van der Waals surface area contributed by atoms with Crippen molar-refractivity contribution in [3.63, 3.8) is 0 Å². The van der Waals surface area contributed by atoms with Crippen molar-refractivity contribution in [1.29, 1.82) is 0 Å². The second-order valence-electron chi connectivity index (χ2n) is 10.4. The molecule has 2 fully saturated rings. The maximum Gasteiger partial charge on any atom is 0.227 e. The number of piperidine rings is 1.